The van der Waals surface area contributed by atoms with Crippen LogP contribution in [0, 0.1) is 5.92 Å². The highest BCUT2D eigenvalue weighted by Gasteiger charge is 2.24. The summed E-state index contributed by atoms with van der Waals surface area (Å²) in [6.45, 7) is 7.85. The van der Waals surface area contributed by atoms with Crippen molar-refractivity contribution in [3.63, 3.8) is 0 Å². The van der Waals surface area contributed by atoms with E-state index in [1.54, 1.807) is 0 Å². The highest BCUT2D eigenvalue weighted by atomic mass is 16.3. The van der Waals surface area contributed by atoms with E-state index in [0.717, 1.165) is 18.9 Å². The molecule has 3 nitrogen and oxygen atoms in total. The standard InChI is InChI=1S/C12H26N2O/c1-3-4-11-5-7-14(9-11)8-6-12(2,15)10-13/h11,15H,3-10,13H2,1-2H3. The second kappa shape index (κ2) is 5.83. The molecule has 0 aromatic carbocycles. The lowest BCUT2D eigenvalue weighted by molar-refractivity contribution is 0.0498. The number of aliphatic hydroxyl groups is 1. The van der Waals surface area contributed by atoms with E-state index in [-0.39, 0.29) is 0 Å². The van der Waals surface area contributed by atoms with Crippen LogP contribution in [0.15, 0.2) is 0 Å². The zero-order valence-electron chi connectivity index (χ0n) is 10.2. The molecule has 0 bridgehead atoms. The van der Waals surface area contributed by atoms with Gasteiger partial charge in [-0.2, -0.15) is 0 Å². The fraction of sp³-hybridized carbons (Fsp3) is 1.00. The van der Waals surface area contributed by atoms with Crippen molar-refractivity contribution in [2.24, 2.45) is 11.7 Å². The van der Waals surface area contributed by atoms with Gasteiger partial charge in [0.2, 0.25) is 0 Å². The number of nitrogens with zero attached hydrogens (tertiary/aromatic N) is 1. The molecule has 0 aromatic heterocycles. The van der Waals surface area contributed by atoms with Gasteiger partial charge in [-0.05, 0) is 38.6 Å². The monoisotopic (exact) mass is 214 g/mol. The number of hydrogen-bond acceptors (Lipinski definition) is 3. The van der Waals surface area contributed by atoms with E-state index in [1.165, 1.54) is 32.4 Å². The molecule has 0 amide bonds. The van der Waals surface area contributed by atoms with Gasteiger partial charge in [0.25, 0.3) is 0 Å². The molecule has 15 heavy (non-hydrogen) atoms. The van der Waals surface area contributed by atoms with E-state index in [1.807, 2.05) is 6.92 Å². The molecule has 3 N–H and O–H groups in total. The van der Waals surface area contributed by atoms with Gasteiger partial charge in [-0.3, -0.25) is 0 Å². The van der Waals surface area contributed by atoms with E-state index in [4.69, 9.17) is 5.73 Å². The molecule has 2 unspecified atom stereocenters. The fourth-order valence-electron chi connectivity index (χ4n) is 2.26. The Bertz CT molecular complexity index is 182. The Kier molecular flexibility index (Phi) is 5.03. The van der Waals surface area contributed by atoms with Crippen molar-refractivity contribution in [3.05, 3.63) is 0 Å². The van der Waals surface area contributed by atoms with Crippen molar-refractivity contribution >= 4 is 0 Å². The molecule has 1 fully saturated rings. The maximum Gasteiger partial charge on any atom is 0.0753 e. The smallest absolute Gasteiger partial charge is 0.0753 e. The van der Waals surface area contributed by atoms with E-state index >= 15 is 0 Å². The van der Waals surface area contributed by atoms with Gasteiger partial charge >= 0.3 is 0 Å². The normalized spacial score (nSPS) is 26.8. The summed E-state index contributed by atoms with van der Waals surface area (Å²) < 4.78 is 0. The van der Waals surface area contributed by atoms with Gasteiger partial charge in [-0.1, -0.05) is 13.3 Å². The maximum absolute atomic E-state index is 9.80. The van der Waals surface area contributed by atoms with Gasteiger partial charge < -0.3 is 15.7 Å². The first-order valence-corrected chi connectivity index (χ1v) is 6.22. The second-order valence-electron chi connectivity index (χ2n) is 5.20. The predicted molar refractivity (Wildman–Crippen MR) is 63.8 cm³/mol. The first-order valence-electron chi connectivity index (χ1n) is 6.22. The summed E-state index contributed by atoms with van der Waals surface area (Å²) in [6.07, 6.45) is 4.77. The van der Waals surface area contributed by atoms with Crippen LogP contribution in [0.2, 0.25) is 0 Å². The van der Waals surface area contributed by atoms with Crippen LogP contribution in [0.25, 0.3) is 0 Å². The maximum atomic E-state index is 9.80. The second-order valence-corrected chi connectivity index (χ2v) is 5.20. The van der Waals surface area contributed by atoms with E-state index in [0.29, 0.717) is 6.54 Å². The van der Waals surface area contributed by atoms with Crippen LogP contribution in [0.3, 0.4) is 0 Å². The molecular weight excluding hydrogens is 188 g/mol. The predicted octanol–water partition coefficient (Wildman–Crippen LogP) is 1.21. The molecule has 0 aromatic rings. The third-order valence-corrected chi connectivity index (χ3v) is 3.47. The van der Waals surface area contributed by atoms with Crippen molar-refractivity contribution in [2.45, 2.75) is 45.1 Å². The third-order valence-electron chi connectivity index (χ3n) is 3.47. The summed E-state index contributed by atoms with van der Waals surface area (Å²) in [4.78, 5) is 2.46. The van der Waals surface area contributed by atoms with Crippen molar-refractivity contribution in [3.8, 4) is 0 Å². The molecule has 0 spiro atoms. The summed E-state index contributed by atoms with van der Waals surface area (Å²) in [5.74, 6) is 0.887. The van der Waals surface area contributed by atoms with E-state index < -0.39 is 5.60 Å². The Balaban J connectivity index is 2.19. The molecule has 0 radical (unpaired) electrons. The van der Waals surface area contributed by atoms with Crippen LogP contribution >= 0.6 is 0 Å². The number of hydrogen-bond donors (Lipinski definition) is 2. The first kappa shape index (κ1) is 12.9. The van der Waals surface area contributed by atoms with Crippen LogP contribution in [0.1, 0.15) is 39.5 Å². The van der Waals surface area contributed by atoms with Crippen LogP contribution < -0.4 is 5.73 Å². The summed E-state index contributed by atoms with van der Waals surface area (Å²) in [5.41, 5.74) is 4.82. The zero-order valence-corrected chi connectivity index (χ0v) is 10.2. The highest BCUT2D eigenvalue weighted by Crippen LogP contribution is 2.21. The Morgan fingerprint density at radius 1 is 1.53 bits per heavy atom. The number of nitrogens with two attached hydrogens (primary N) is 1. The quantitative estimate of drug-likeness (QED) is 0.698. The van der Waals surface area contributed by atoms with Crippen molar-refractivity contribution < 1.29 is 5.11 Å². The minimum absolute atomic E-state index is 0.360. The lowest BCUT2D eigenvalue weighted by Gasteiger charge is -2.24. The Hall–Kier alpha value is -0.120. The molecule has 1 rings (SSSR count). The zero-order chi connectivity index (χ0) is 11.3. The molecule has 1 heterocycles. The summed E-state index contributed by atoms with van der Waals surface area (Å²) in [6, 6.07) is 0. The lowest BCUT2D eigenvalue weighted by atomic mass is 10.0. The minimum atomic E-state index is -0.678. The first-order chi connectivity index (χ1) is 7.07. The molecular formula is C12H26N2O. The van der Waals surface area contributed by atoms with Gasteiger partial charge in [0, 0.05) is 19.6 Å². The summed E-state index contributed by atoms with van der Waals surface area (Å²) in [5, 5.41) is 9.80. The highest BCUT2D eigenvalue weighted by molar-refractivity contribution is 4.79. The average Bonchev–Trinajstić information content (AvgIpc) is 2.64. The summed E-state index contributed by atoms with van der Waals surface area (Å²) in [7, 11) is 0. The largest absolute Gasteiger partial charge is 0.389 e. The van der Waals surface area contributed by atoms with Crippen LogP contribution in [0.4, 0.5) is 0 Å². The molecule has 2 atom stereocenters. The van der Waals surface area contributed by atoms with Crippen LogP contribution in [0.5, 0.6) is 0 Å². The van der Waals surface area contributed by atoms with E-state index in [2.05, 4.69) is 11.8 Å². The topological polar surface area (TPSA) is 49.5 Å². The van der Waals surface area contributed by atoms with Crippen molar-refractivity contribution in [2.75, 3.05) is 26.2 Å². The molecule has 1 saturated heterocycles. The Labute approximate surface area is 93.6 Å². The molecule has 0 saturated carbocycles. The van der Waals surface area contributed by atoms with E-state index in [9.17, 15) is 5.11 Å². The Morgan fingerprint density at radius 3 is 2.87 bits per heavy atom. The van der Waals surface area contributed by atoms with Gasteiger partial charge in [0.05, 0.1) is 5.60 Å². The number of likely N-dealkylation sites (tertiary alicyclic amines) is 1. The average molecular weight is 214 g/mol. The van der Waals surface area contributed by atoms with Gasteiger partial charge in [0.15, 0.2) is 0 Å². The van der Waals surface area contributed by atoms with Crippen LogP contribution in [-0.4, -0.2) is 41.8 Å². The van der Waals surface area contributed by atoms with Crippen LogP contribution in [-0.2, 0) is 0 Å². The lowest BCUT2D eigenvalue weighted by Crippen LogP contribution is -2.38. The van der Waals surface area contributed by atoms with Gasteiger partial charge in [-0.15, -0.1) is 0 Å². The molecule has 1 aliphatic rings. The molecule has 0 aliphatic carbocycles. The minimum Gasteiger partial charge on any atom is -0.389 e. The fourth-order valence-corrected chi connectivity index (χ4v) is 2.26. The molecule has 90 valence electrons. The van der Waals surface area contributed by atoms with Gasteiger partial charge in [-0.25, -0.2) is 0 Å². The molecule has 1 aliphatic heterocycles. The molecule has 3 heteroatoms. The number of rotatable bonds is 6. The third kappa shape index (κ3) is 4.49. The SMILES string of the molecule is CCCC1CCN(CCC(C)(O)CN)C1. The Morgan fingerprint density at radius 2 is 2.27 bits per heavy atom. The van der Waals surface area contributed by atoms with Crippen molar-refractivity contribution in [1.82, 2.24) is 4.90 Å². The van der Waals surface area contributed by atoms with Gasteiger partial charge in [0.1, 0.15) is 0 Å². The summed E-state index contributed by atoms with van der Waals surface area (Å²) >= 11 is 0. The van der Waals surface area contributed by atoms with Crippen molar-refractivity contribution in [1.29, 1.82) is 0 Å².